The van der Waals surface area contributed by atoms with Crippen LogP contribution in [0.2, 0.25) is 0 Å². The van der Waals surface area contributed by atoms with Gasteiger partial charge in [-0.2, -0.15) is 5.11 Å². The van der Waals surface area contributed by atoms with Gasteiger partial charge in [0.15, 0.2) is 5.69 Å². The Hall–Kier alpha value is -3.45. The molecule has 1 N–H and O–H groups in total. The highest BCUT2D eigenvalue weighted by molar-refractivity contribution is 7.91. The van der Waals surface area contributed by atoms with E-state index in [1.807, 2.05) is 38.1 Å². The second-order valence-electron chi connectivity index (χ2n) is 6.94. The van der Waals surface area contributed by atoms with Crippen LogP contribution in [-0.4, -0.2) is 18.1 Å². The molecule has 7 heteroatoms. The molecule has 0 saturated carbocycles. The Morgan fingerprint density at radius 3 is 2.10 bits per heavy atom. The molecule has 0 spiro atoms. The molecule has 0 saturated heterocycles. The van der Waals surface area contributed by atoms with Crippen molar-refractivity contribution in [3.05, 3.63) is 78.4 Å². The van der Waals surface area contributed by atoms with E-state index in [9.17, 15) is 13.5 Å². The molecule has 152 valence electrons. The Kier molecular flexibility index (Phi) is 5.13. The van der Waals surface area contributed by atoms with Gasteiger partial charge in [-0.05, 0) is 56.3 Å². The van der Waals surface area contributed by atoms with Crippen molar-refractivity contribution in [3.8, 4) is 5.88 Å². The Bertz CT molecular complexity index is 1340. The van der Waals surface area contributed by atoms with Crippen LogP contribution in [0.15, 0.2) is 92.8 Å². The zero-order valence-corrected chi connectivity index (χ0v) is 17.5. The lowest BCUT2D eigenvalue weighted by molar-refractivity contribution is 0.427. The van der Waals surface area contributed by atoms with E-state index >= 15 is 0 Å². The molecule has 4 aromatic rings. The van der Waals surface area contributed by atoms with Gasteiger partial charge >= 0.3 is 0 Å². The number of nitrogens with zero attached hydrogens (tertiary/aromatic N) is 3. The fourth-order valence-electron chi connectivity index (χ4n) is 3.34. The maximum absolute atomic E-state index is 12.8. The second-order valence-corrected chi connectivity index (χ2v) is 8.89. The highest BCUT2D eigenvalue weighted by atomic mass is 32.2. The average molecular weight is 420 g/mol. The van der Waals surface area contributed by atoms with Gasteiger partial charge in [0, 0.05) is 11.9 Å². The van der Waals surface area contributed by atoms with E-state index in [-0.39, 0.29) is 15.7 Å². The Balaban J connectivity index is 1.65. The molecule has 30 heavy (non-hydrogen) atoms. The maximum atomic E-state index is 12.8. The first kappa shape index (κ1) is 19.8. The van der Waals surface area contributed by atoms with E-state index < -0.39 is 9.84 Å². The highest BCUT2D eigenvalue weighted by Gasteiger charge is 2.18. The van der Waals surface area contributed by atoms with Crippen molar-refractivity contribution >= 4 is 32.1 Å². The van der Waals surface area contributed by atoms with Crippen LogP contribution in [0.1, 0.15) is 12.5 Å². The van der Waals surface area contributed by atoms with Gasteiger partial charge < -0.3 is 9.67 Å². The van der Waals surface area contributed by atoms with Gasteiger partial charge in [0.05, 0.1) is 21.0 Å². The van der Waals surface area contributed by atoms with E-state index in [0.29, 0.717) is 17.9 Å². The lowest BCUT2D eigenvalue weighted by atomic mass is 10.2. The Labute approximate surface area is 175 Å². The van der Waals surface area contributed by atoms with Crippen molar-refractivity contribution in [2.24, 2.45) is 10.2 Å². The van der Waals surface area contributed by atoms with Gasteiger partial charge in [-0.3, -0.25) is 0 Å². The van der Waals surface area contributed by atoms with Crippen LogP contribution in [0, 0.1) is 6.92 Å². The first-order chi connectivity index (χ1) is 14.4. The molecule has 0 aliphatic carbocycles. The number of aromatic nitrogens is 1. The second kappa shape index (κ2) is 7.76. The molecule has 0 aliphatic heterocycles. The third-order valence-corrected chi connectivity index (χ3v) is 6.76. The van der Waals surface area contributed by atoms with Crippen molar-refractivity contribution in [2.75, 3.05) is 0 Å². The highest BCUT2D eigenvalue weighted by Crippen LogP contribution is 2.39. The Morgan fingerprint density at radius 2 is 1.47 bits per heavy atom. The molecule has 3 aromatic carbocycles. The predicted molar refractivity (Wildman–Crippen MR) is 117 cm³/mol. The SMILES string of the molecule is CCn1c(O)c(N=Nc2ccc(S(=O)(=O)c3ccc(C)cc3)cc2)c2ccccc21. The summed E-state index contributed by atoms with van der Waals surface area (Å²) >= 11 is 0. The summed E-state index contributed by atoms with van der Waals surface area (Å²) in [5.74, 6) is 0.0565. The minimum atomic E-state index is -3.59. The molecular formula is C23H21N3O3S. The standard InChI is InChI=1S/C23H21N3O3S/c1-3-26-21-7-5-4-6-20(21)22(23(26)27)25-24-17-10-14-19(15-11-17)30(28,29)18-12-8-16(2)9-13-18/h4-15,27H,3H2,1-2H3. The molecule has 0 fully saturated rings. The first-order valence-corrected chi connectivity index (χ1v) is 11.0. The lowest BCUT2D eigenvalue weighted by Gasteiger charge is -2.05. The molecule has 0 bridgehead atoms. The summed E-state index contributed by atoms with van der Waals surface area (Å²) in [6, 6.07) is 20.6. The number of hydrogen-bond acceptors (Lipinski definition) is 5. The molecule has 1 aromatic heterocycles. The monoisotopic (exact) mass is 419 g/mol. The van der Waals surface area contributed by atoms with Gasteiger partial charge in [-0.15, -0.1) is 5.11 Å². The molecule has 0 amide bonds. The molecule has 4 rings (SSSR count). The predicted octanol–water partition coefficient (Wildman–Crippen LogP) is 5.92. The van der Waals surface area contributed by atoms with Crippen LogP contribution in [0.4, 0.5) is 11.4 Å². The average Bonchev–Trinajstić information content (AvgIpc) is 3.03. The molecule has 1 heterocycles. The number of hydrogen-bond donors (Lipinski definition) is 1. The van der Waals surface area contributed by atoms with Crippen LogP contribution >= 0.6 is 0 Å². The minimum absolute atomic E-state index is 0.0565. The van der Waals surface area contributed by atoms with Crippen molar-refractivity contribution in [3.63, 3.8) is 0 Å². The number of rotatable bonds is 5. The summed E-state index contributed by atoms with van der Waals surface area (Å²) in [4.78, 5) is 0.440. The summed E-state index contributed by atoms with van der Waals surface area (Å²) in [5.41, 5.74) is 2.76. The number of aromatic hydroxyl groups is 1. The summed E-state index contributed by atoms with van der Waals surface area (Å²) < 4.78 is 27.3. The largest absolute Gasteiger partial charge is 0.493 e. The number of fused-ring (bicyclic) bond motifs is 1. The van der Waals surface area contributed by atoms with Gasteiger partial charge in [-0.25, -0.2) is 8.42 Å². The fraction of sp³-hybridized carbons (Fsp3) is 0.130. The van der Waals surface area contributed by atoms with Crippen LogP contribution in [0.3, 0.4) is 0 Å². The first-order valence-electron chi connectivity index (χ1n) is 9.55. The quantitative estimate of drug-likeness (QED) is 0.407. The van der Waals surface area contributed by atoms with Crippen molar-refractivity contribution in [1.29, 1.82) is 0 Å². The summed E-state index contributed by atoms with van der Waals surface area (Å²) in [6.07, 6.45) is 0. The molecule has 0 unspecified atom stereocenters. The Morgan fingerprint density at radius 1 is 0.867 bits per heavy atom. The topological polar surface area (TPSA) is 84.0 Å². The normalized spacial score (nSPS) is 12.1. The van der Waals surface area contributed by atoms with Crippen LogP contribution in [0.5, 0.6) is 5.88 Å². The van der Waals surface area contributed by atoms with E-state index in [0.717, 1.165) is 16.5 Å². The number of azo groups is 1. The van der Waals surface area contributed by atoms with E-state index in [4.69, 9.17) is 0 Å². The van der Waals surface area contributed by atoms with Gasteiger partial charge in [0.1, 0.15) is 0 Å². The zero-order valence-electron chi connectivity index (χ0n) is 16.6. The third kappa shape index (κ3) is 3.48. The van der Waals surface area contributed by atoms with Gasteiger partial charge in [0.2, 0.25) is 15.7 Å². The van der Waals surface area contributed by atoms with E-state index in [1.165, 1.54) is 12.1 Å². The fourth-order valence-corrected chi connectivity index (χ4v) is 4.60. The lowest BCUT2D eigenvalue weighted by Crippen LogP contribution is -2.01. The summed E-state index contributed by atoms with van der Waals surface area (Å²) in [6.45, 7) is 4.46. The molecule has 6 nitrogen and oxygen atoms in total. The van der Waals surface area contributed by atoms with E-state index in [2.05, 4.69) is 10.2 Å². The molecule has 0 atom stereocenters. The van der Waals surface area contributed by atoms with E-state index in [1.54, 1.807) is 41.0 Å². The smallest absolute Gasteiger partial charge is 0.220 e. The van der Waals surface area contributed by atoms with Crippen LogP contribution in [-0.2, 0) is 16.4 Å². The summed E-state index contributed by atoms with van der Waals surface area (Å²) in [5, 5.41) is 19.8. The zero-order chi connectivity index (χ0) is 21.3. The summed E-state index contributed by atoms with van der Waals surface area (Å²) in [7, 11) is -3.59. The minimum Gasteiger partial charge on any atom is -0.493 e. The number of benzene rings is 3. The number of para-hydroxylation sites is 1. The molecular weight excluding hydrogens is 398 g/mol. The van der Waals surface area contributed by atoms with Crippen LogP contribution in [0.25, 0.3) is 10.9 Å². The number of sulfone groups is 1. The van der Waals surface area contributed by atoms with Gasteiger partial charge in [0.25, 0.3) is 0 Å². The molecule has 0 aliphatic rings. The van der Waals surface area contributed by atoms with Crippen molar-refractivity contribution in [1.82, 2.24) is 4.57 Å². The van der Waals surface area contributed by atoms with Crippen LogP contribution < -0.4 is 0 Å². The maximum Gasteiger partial charge on any atom is 0.220 e. The number of aryl methyl sites for hydroxylation is 2. The molecule has 0 radical (unpaired) electrons. The van der Waals surface area contributed by atoms with Crippen molar-refractivity contribution in [2.45, 2.75) is 30.2 Å². The van der Waals surface area contributed by atoms with Gasteiger partial charge in [-0.1, -0.05) is 35.9 Å². The van der Waals surface area contributed by atoms with Crippen molar-refractivity contribution < 1.29 is 13.5 Å². The third-order valence-electron chi connectivity index (χ3n) is 4.98.